The number of benzene rings is 2. The Morgan fingerprint density at radius 3 is 2.75 bits per heavy atom. The van der Waals surface area contributed by atoms with Crippen molar-refractivity contribution in [2.75, 3.05) is 0 Å². The quantitative estimate of drug-likeness (QED) is 0.727. The zero-order valence-electron chi connectivity index (χ0n) is 16.6. The van der Waals surface area contributed by atoms with Gasteiger partial charge in [-0.1, -0.05) is 54.6 Å². The summed E-state index contributed by atoms with van der Waals surface area (Å²) in [6.45, 7) is 2.12. The zero-order valence-corrected chi connectivity index (χ0v) is 16.6. The highest BCUT2D eigenvalue weighted by Crippen LogP contribution is 2.34. The van der Waals surface area contributed by atoms with Crippen LogP contribution in [0.3, 0.4) is 0 Å². The first-order valence-electron chi connectivity index (χ1n) is 10.1. The summed E-state index contributed by atoms with van der Waals surface area (Å²) < 4.78 is 1.81. The van der Waals surface area contributed by atoms with Gasteiger partial charge in [0, 0.05) is 25.4 Å². The van der Waals surface area contributed by atoms with Gasteiger partial charge < -0.3 is 5.32 Å². The van der Waals surface area contributed by atoms with Gasteiger partial charge >= 0.3 is 0 Å². The molecule has 0 aliphatic heterocycles. The maximum atomic E-state index is 13.1. The standard InChI is InChI=1S/C24H27N3O/c1-17(20-14-8-12-19-11-6-7-13-21(19)20)26-24(28)22-16-25-27(2)23(22)15-18-9-4-3-5-10-18/h3-7,9-11,13,16-17,20H,8,12,14-15H2,1-2H3,(H,26,28)/t17-,20?/m0/s1. The van der Waals surface area contributed by atoms with E-state index in [0.717, 1.165) is 18.5 Å². The van der Waals surface area contributed by atoms with Crippen molar-refractivity contribution in [1.29, 1.82) is 0 Å². The Morgan fingerprint density at radius 1 is 1.18 bits per heavy atom. The summed E-state index contributed by atoms with van der Waals surface area (Å²) in [5.41, 5.74) is 5.60. The fraction of sp³-hybridized carbons (Fsp3) is 0.333. The first-order chi connectivity index (χ1) is 13.6. The molecule has 28 heavy (non-hydrogen) atoms. The third kappa shape index (κ3) is 3.72. The van der Waals surface area contributed by atoms with E-state index in [2.05, 4.69) is 53.7 Å². The second kappa shape index (κ2) is 8.01. The summed E-state index contributed by atoms with van der Waals surface area (Å²) in [4.78, 5) is 13.1. The van der Waals surface area contributed by atoms with E-state index < -0.39 is 0 Å². The molecule has 4 heteroatoms. The third-order valence-electron chi connectivity index (χ3n) is 5.90. The molecule has 0 fully saturated rings. The minimum atomic E-state index is -0.0328. The van der Waals surface area contributed by atoms with Crippen LogP contribution < -0.4 is 5.32 Å². The minimum Gasteiger partial charge on any atom is -0.349 e. The molecule has 1 aliphatic rings. The van der Waals surface area contributed by atoms with Gasteiger partial charge in [-0.2, -0.15) is 5.10 Å². The van der Waals surface area contributed by atoms with Crippen LogP contribution in [-0.4, -0.2) is 21.7 Å². The third-order valence-corrected chi connectivity index (χ3v) is 5.90. The molecular weight excluding hydrogens is 346 g/mol. The van der Waals surface area contributed by atoms with Gasteiger partial charge in [0.2, 0.25) is 0 Å². The second-order valence-electron chi connectivity index (χ2n) is 7.75. The molecule has 144 valence electrons. The van der Waals surface area contributed by atoms with Crippen LogP contribution in [0.4, 0.5) is 0 Å². The first-order valence-corrected chi connectivity index (χ1v) is 10.1. The number of rotatable bonds is 5. The summed E-state index contributed by atoms with van der Waals surface area (Å²) in [5.74, 6) is 0.331. The number of aryl methyl sites for hydroxylation is 2. The van der Waals surface area contributed by atoms with Gasteiger partial charge in [-0.25, -0.2) is 0 Å². The van der Waals surface area contributed by atoms with Gasteiger partial charge in [-0.3, -0.25) is 9.48 Å². The lowest BCUT2D eigenvalue weighted by Gasteiger charge is -2.31. The van der Waals surface area contributed by atoms with Crippen LogP contribution in [-0.2, 0) is 19.9 Å². The highest BCUT2D eigenvalue weighted by Gasteiger charge is 2.27. The SMILES string of the molecule is C[C@H](NC(=O)c1cnn(C)c1Cc1ccccc1)C1CCCc2ccccc21. The molecule has 0 radical (unpaired) electrons. The Labute approximate surface area is 166 Å². The number of hydrogen-bond acceptors (Lipinski definition) is 2. The molecule has 1 amide bonds. The monoisotopic (exact) mass is 373 g/mol. The number of amides is 1. The van der Waals surface area contributed by atoms with Crippen LogP contribution in [0.5, 0.6) is 0 Å². The number of nitrogens with one attached hydrogen (secondary N) is 1. The summed E-state index contributed by atoms with van der Waals surface area (Å²) in [5, 5.41) is 7.60. The summed E-state index contributed by atoms with van der Waals surface area (Å²) >= 11 is 0. The van der Waals surface area contributed by atoms with Gasteiger partial charge in [0.15, 0.2) is 0 Å². The molecule has 2 aromatic carbocycles. The molecule has 1 aromatic heterocycles. The molecule has 1 aliphatic carbocycles. The number of carbonyl (C=O) groups is 1. The molecule has 0 saturated heterocycles. The maximum absolute atomic E-state index is 13.1. The molecule has 0 saturated carbocycles. The molecule has 0 bridgehead atoms. The molecule has 0 spiro atoms. The van der Waals surface area contributed by atoms with Gasteiger partial charge in [0.1, 0.15) is 0 Å². The van der Waals surface area contributed by atoms with E-state index in [1.165, 1.54) is 23.1 Å². The second-order valence-corrected chi connectivity index (χ2v) is 7.75. The van der Waals surface area contributed by atoms with Crippen molar-refractivity contribution in [2.45, 2.75) is 44.6 Å². The van der Waals surface area contributed by atoms with E-state index in [0.29, 0.717) is 17.9 Å². The van der Waals surface area contributed by atoms with Gasteiger partial charge in [-0.05, 0) is 42.9 Å². The lowest BCUT2D eigenvalue weighted by molar-refractivity contribution is 0.0932. The largest absolute Gasteiger partial charge is 0.349 e. The summed E-state index contributed by atoms with van der Waals surface area (Å²) in [6, 6.07) is 18.9. The van der Waals surface area contributed by atoms with Crippen LogP contribution in [0, 0.1) is 0 Å². The Hall–Kier alpha value is -2.88. The van der Waals surface area contributed by atoms with E-state index in [1.807, 2.05) is 29.9 Å². The molecule has 1 unspecified atom stereocenters. The van der Waals surface area contributed by atoms with Crippen LogP contribution in [0.15, 0.2) is 60.8 Å². The normalized spacial score (nSPS) is 17.0. The molecule has 2 atom stereocenters. The summed E-state index contributed by atoms with van der Waals surface area (Å²) in [6.07, 6.45) is 5.81. The number of nitrogens with zero attached hydrogens (tertiary/aromatic N) is 2. The Kier molecular flexibility index (Phi) is 5.29. The lowest BCUT2D eigenvalue weighted by atomic mass is 9.79. The van der Waals surface area contributed by atoms with Crippen molar-refractivity contribution in [2.24, 2.45) is 7.05 Å². The van der Waals surface area contributed by atoms with E-state index in [9.17, 15) is 4.79 Å². The first kappa shape index (κ1) is 18.5. The predicted molar refractivity (Wildman–Crippen MR) is 112 cm³/mol. The molecule has 4 nitrogen and oxygen atoms in total. The van der Waals surface area contributed by atoms with Crippen LogP contribution in [0.1, 0.15) is 58.4 Å². The van der Waals surface area contributed by atoms with Crippen molar-refractivity contribution >= 4 is 5.91 Å². The average molecular weight is 374 g/mol. The number of carbonyl (C=O) groups excluding carboxylic acids is 1. The highest BCUT2D eigenvalue weighted by molar-refractivity contribution is 5.95. The van der Waals surface area contributed by atoms with Gasteiger partial charge in [0.25, 0.3) is 5.91 Å². The van der Waals surface area contributed by atoms with Crippen molar-refractivity contribution < 1.29 is 4.79 Å². The number of fused-ring (bicyclic) bond motifs is 1. The number of hydrogen-bond donors (Lipinski definition) is 1. The minimum absolute atomic E-state index is 0.0328. The topological polar surface area (TPSA) is 46.9 Å². The smallest absolute Gasteiger partial charge is 0.254 e. The van der Waals surface area contributed by atoms with E-state index in [-0.39, 0.29) is 11.9 Å². The lowest BCUT2D eigenvalue weighted by Crippen LogP contribution is -2.38. The van der Waals surface area contributed by atoms with Crippen LogP contribution in [0.25, 0.3) is 0 Å². The fourth-order valence-corrected chi connectivity index (χ4v) is 4.35. The average Bonchev–Trinajstić information content (AvgIpc) is 3.08. The van der Waals surface area contributed by atoms with Crippen LogP contribution >= 0.6 is 0 Å². The molecule has 1 N–H and O–H groups in total. The van der Waals surface area contributed by atoms with E-state index >= 15 is 0 Å². The highest BCUT2D eigenvalue weighted by atomic mass is 16.1. The molecule has 1 heterocycles. The zero-order chi connectivity index (χ0) is 19.5. The van der Waals surface area contributed by atoms with Crippen LogP contribution in [0.2, 0.25) is 0 Å². The molecular formula is C24H27N3O. The maximum Gasteiger partial charge on any atom is 0.254 e. The Morgan fingerprint density at radius 2 is 1.93 bits per heavy atom. The number of aromatic nitrogens is 2. The van der Waals surface area contributed by atoms with Crippen molar-refractivity contribution in [1.82, 2.24) is 15.1 Å². The van der Waals surface area contributed by atoms with Gasteiger partial charge in [0.05, 0.1) is 17.5 Å². The van der Waals surface area contributed by atoms with Crippen molar-refractivity contribution in [3.05, 3.63) is 88.7 Å². The van der Waals surface area contributed by atoms with Crippen molar-refractivity contribution in [3.63, 3.8) is 0 Å². The van der Waals surface area contributed by atoms with E-state index in [4.69, 9.17) is 0 Å². The Balaban J connectivity index is 1.52. The van der Waals surface area contributed by atoms with Gasteiger partial charge in [-0.15, -0.1) is 0 Å². The molecule has 4 rings (SSSR count). The molecule has 3 aromatic rings. The summed E-state index contributed by atoms with van der Waals surface area (Å²) in [7, 11) is 1.90. The van der Waals surface area contributed by atoms with Crippen molar-refractivity contribution in [3.8, 4) is 0 Å². The predicted octanol–water partition coefficient (Wildman–Crippen LogP) is 4.25. The fourth-order valence-electron chi connectivity index (χ4n) is 4.35. The van der Waals surface area contributed by atoms with E-state index in [1.54, 1.807) is 6.20 Å². The Bertz CT molecular complexity index is 961.